The third kappa shape index (κ3) is 1.57. The van der Waals surface area contributed by atoms with Crippen LogP contribution in [0.5, 0.6) is 5.88 Å². The Bertz CT molecular complexity index is 324. The molecule has 0 saturated heterocycles. The number of rotatable bonds is 3. The Hall–Kier alpha value is -1.52. The third-order valence-electron chi connectivity index (χ3n) is 2.06. The minimum atomic E-state index is -0.127. The molecule has 1 aliphatic rings. The molecule has 1 aliphatic heterocycles. The lowest BCUT2D eigenvalue weighted by Crippen LogP contribution is -2.24. The van der Waals surface area contributed by atoms with Gasteiger partial charge in [-0.3, -0.25) is 4.79 Å². The molecule has 0 bridgehead atoms. The molecule has 14 heavy (non-hydrogen) atoms. The summed E-state index contributed by atoms with van der Waals surface area (Å²) in [4.78, 5) is 11.5. The number of hydrogen-bond donors (Lipinski definition) is 1. The van der Waals surface area contributed by atoms with Gasteiger partial charge in [0, 0.05) is 12.6 Å². The molecule has 5 nitrogen and oxygen atoms in total. The van der Waals surface area contributed by atoms with Gasteiger partial charge in [-0.05, 0) is 6.42 Å². The zero-order chi connectivity index (χ0) is 9.97. The number of fused-ring (bicyclic) bond motifs is 1. The molecule has 1 amide bonds. The summed E-state index contributed by atoms with van der Waals surface area (Å²) in [5, 5.41) is 6.89. The van der Waals surface area contributed by atoms with Crippen molar-refractivity contribution in [2.75, 3.05) is 13.2 Å². The van der Waals surface area contributed by atoms with Gasteiger partial charge < -0.3 is 10.1 Å². The number of amides is 1. The van der Waals surface area contributed by atoms with Gasteiger partial charge in [-0.1, -0.05) is 6.92 Å². The molecule has 0 atom stereocenters. The molecular formula is C9H13N3O2. The topological polar surface area (TPSA) is 56.2 Å². The summed E-state index contributed by atoms with van der Waals surface area (Å²) in [6.07, 6.45) is 0.926. The van der Waals surface area contributed by atoms with E-state index in [1.54, 1.807) is 10.7 Å². The molecule has 0 aromatic carbocycles. The van der Waals surface area contributed by atoms with Crippen LogP contribution in [-0.2, 0) is 6.54 Å². The molecule has 0 unspecified atom stereocenters. The lowest BCUT2D eigenvalue weighted by atomic mass is 10.4. The zero-order valence-corrected chi connectivity index (χ0v) is 8.12. The van der Waals surface area contributed by atoms with Crippen molar-refractivity contribution in [3.05, 3.63) is 11.8 Å². The molecule has 5 heteroatoms. The largest absolute Gasteiger partial charge is 0.476 e. The molecule has 76 valence electrons. The van der Waals surface area contributed by atoms with E-state index in [0.717, 1.165) is 13.0 Å². The Morgan fingerprint density at radius 3 is 3.36 bits per heavy atom. The molecule has 0 radical (unpaired) electrons. The molecular weight excluding hydrogens is 182 g/mol. The third-order valence-corrected chi connectivity index (χ3v) is 2.06. The van der Waals surface area contributed by atoms with Gasteiger partial charge in [0.1, 0.15) is 6.61 Å². The van der Waals surface area contributed by atoms with Crippen molar-refractivity contribution in [3.63, 3.8) is 0 Å². The number of carbonyl (C=O) groups is 1. The van der Waals surface area contributed by atoms with Crippen LogP contribution >= 0.6 is 0 Å². The maximum Gasteiger partial charge on any atom is 0.271 e. The molecule has 1 aromatic heterocycles. The Kier molecular flexibility index (Phi) is 2.39. The Balaban J connectivity index is 2.06. The van der Waals surface area contributed by atoms with Gasteiger partial charge in [0.15, 0.2) is 5.69 Å². The summed E-state index contributed by atoms with van der Waals surface area (Å²) in [6, 6.07) is 1.68. The highest BCUT2D eigenvalue weighted by Crippen LogP contribution is 2.17. The van der Waals surface area contributed by atoms with E-state index in [1.165, 1.54) is 0 Å². The molecule has 1 N–H and O–H groups in total. The summed E-state index contributed by atoms with van der Waals surface area (Å²) >= 11 is 0. The van der Waals surface area contributed by atoms with Crippen molar-refractivity contribution in [1.82, 2.24) is 15.1 Å². The summed E-state index contributed by atoms with van der Waals surface area (Å²) in [5.41, 5.74) is 0.438. The van der Waals surface area contributed by atoms with Crippen LogP contribution in [0.4, 0.5) is 0 Å². The SMILES string of the molecule is CCCNC(=O)c1cc2n(n1)CCO2. The number of carbonyl (C=O) groups excluding carboxylic acids is 1. The quantitative estimate of drug-likeness (QED) is 0.760. The number of aromatic nitrogens is 2. The number of nitrogens with one attached hydrogen (secondary N) is 1. The number of hydrogen-bond acceptors (Lipinski definition) is 3. The lowest BCUT2D eigenvalue weighted by molar-refractivity contribution is 0.0947. The van der Waals surface area contributed by atoms with Gasteiger partial charge in [-0.25, -0.2) is 4.68 Å². The van der Waals surface area contributed by atoms with Crippen molar-refractivity contribution in [2.45, 2.75) is 19.9 Å². The average Bonchev–Trinajstić information content (AvgIpc) is 2.72. The second-order valence-corrected chi connectivity index (χ2v) is 3.20. The lowest BCUT2D eigenvalue weighted by Gasteiger charge is -1.98. The zero-order valence-electron chi connectivity index (χ0n) is 8.12. The standard InChI is InChI=1S/C9H13N3O2/c1-2-3-10-9(13)7-6-8-12(11-7)4-5-14-8/h6H,2-5H2,1H3,(H,10,13). The second kappa shape index (κ2) is 3.69. The molecule has 0 spiro atoms. The monoisotopic (exact) mass is 195 g/mol. The second-order valence-electron chi connectivity index (χ2n) is 3.20. The average molecular weight is 195 g/mol. The van der Waals surface area contributed by atoms with Gasteiger partial charge in [0.2, 0.25) is 5.88 Å². The van der Waals surface area contributed by atoms with Crippen molar-refractivity contribution < 1.29 is 9.53 Å². The predicted octanol–water partition coefficient (Wildman–Crippen LogP) is 0.415. The molecule has 1 aromatic rings. The minimum absolute atomic E-state index is 0.127. The molecule has 0 aliphatic carbocycles. The van der Waals surface area contributed by atoms with Crippen molar-refractivity contribution in [3.8, 4) is 5.88 Å². The van der Waals surface area contributed by atoms with E-state index in [-0.39, 0.29) is 5.91 Å². The maximum absolute atomic E-state index is 11.5. The molecule has 2 rings (SSSR count). The van der Waals surface area contributed by atoms with Crippen LogP contribution in [0, 0.1) is 0 Å². The van der Waals surface area contributed by atoms with E-state index in [9.17, 15) is 4.79 Å². The van der Waals surface area contributed by atoms with E-state index >= 15 is 0 Å². The highest BCUT2D eigenvalue weighted by molar-refractivity contribution is 5.92. The normalized spacial score (nSPS) is 13.5. The van der Waals surface area contributed by atoms with Crippen LogP contribution in [0.1, 0.15) is 23.8 Å². The number of nitrogens with zero attached hydrogens (tertiary/aromatic N) is 2. The van der Waals surface area contributed by atoms with Gasteiger partial charge in [0.25, 0.3) is 5.91 Å². The first kappa shape index (κ1) is 9.05. The predicted molar refractivity (Wildman–Crippen MR) is 50.3 cm³/mol. The van der Waals surface area contributed by atoms with Gasteiger partial charge in [0.05, 0.1) is 6.54 Å². The van der Waals surface area contributed by atoms with Gasteiger partial charge >= 0.3 is 0 Å². The van der Waals surface area contributed by atoms with E-state index in [2.05, 4.69) is 10.4 Å². The highest BCUT2D eigenvalue weighted by atomic mass is 16.5. The smallest absolute Gasteiger partial charge is 0.271 e. The van der Waals surface area contributed by atoms with Crippen LogP contribution in [0.3, 0.4) is 0 Å². The highest BCUT2D eigenvalue weighted by Gasteiger charge is 2.18. The van der Waals surface area contributed by atoms with E-state index in [1.807, 2.05) is 6.92 Å². The maximum atomic E-state index is 11.5. The summed E-state index contributed by atoms with van der Waals surface area (Å²) < 4.78 is 6.96. The van der Waals surface area contributed by atoms with Crippen LogP contribution in [-0.4, -0.2) is 28.8 Å². The summed E-state index contributed by atoms with van der Waals surface area (Å²) in [5.74, 6) is 0.559. The first-order valence-corrected chi connectivity index (χ1v) is 4.80. The van der Waals surface area contributed by atoms with Crippen LogP contribution in [0.25, 0.3) is 0 Å². The first-order chi connectivity index (χ1) is 6.81. The van der Waals surface area contributed by atoms with Crippen LogP contribution in [0.2, 0.25) is 0 Å². The Labute approximate surface area is 82.0 Å². The molecule has 2 heterocycles. The van der Waals surface area contributed by atoms with Crippen molar-refractivity contribution in [2.24, 2.45) is 0 Å². The van der Waals surface area contributed by atoms with Gasteiger partial charge in [-0.15, -0.1) is 0 Å². The fourth-order valence-corrected chi connectivity index (χ4v) is 1.35. The first-order valence-electron chi connectivity index (χ1n) is 4.80. The van der Waals surface area contributed by atoms with E-state index in [4.69, 9.17) is 4.74 Å². The Morgan fingerprint density at radius 1 is 1.79 bits per heavy atom. The molecule has 0 saturated carbocycles. The van der Waals surface area contributed by atoms with E-state index < -0.39 is 0 Å². The fraction of sp³-hybridized carbons (Fsp3) is 0.556. The number of ether oxygens (including phenoxy) is 1. The summed E-state index contributed by atoms with van der Waals surface area (Å²) in [7, 11) is 0. The van der Waals surface area contributed by atoms with E-state index in [0.29, 0.717) is 24.7 Å². The molecule has 0 fully saturated rings. The minimum Gasteiger partial charge on any atom is -0.476 e. The van der Waals surface area contributed by atoms with Crippen molar-refractivity contribution >= 4 is 5.91 Å². The van der Waals surface area contributed by atoms with Gasteiger partial charge in [-0.2, -0.15) is 5.10 Å². The fourth-order valence-electron chi connectivity index (χ4n) is 1.35. The summed E-state index contributed by atoms with van der Waals surface area (Å²) in [6.45, 7) is 4.08. The van der Waals surface area contributed by atoms with Crippen LogP contribution < -0.4 is 10.1 Å². The van der Waals surface area contributed by atoms with Crippen molar-refractivity contribution in [1.29, 1.82) is 0 Å². The van der Waals surface area contributed by atoms with Crippen LogP contribution in [0.15, 0.2) is 6.07 Å². The Morgan fingerprint density at radius 2 is 2.64 bits per heavy atom.